The van der Waals surface area contributed by atoms with E-state index in [2.05, 4.69) is 23.2 Å². The number of hydrogen-bond acceptors (Lipinski definition) is 3. The van der Waals surface area contributed by atoms with E-state index in [0.29, 0.717) is 16.6 Å². The summed E-state index contributed by atoms with van der Waals surface area (Å²) in [5.41, 5.74) is 1.63. The van der Waals surface area contributed by atoms with Gasteiger partial charge in [0.05, 0.1) is 22.3 Å². The standard InChI is InChI=1S/C14H18ClN3/c1-2-18(10-12-4-3-7-17-12)14-6-5-11(9-16)8-13(14)15/h5-6,8,12,17H,2-4,7,10H2,1H3. The lowest BCUT2D eigenvalue weighted by Gasteiger charge is -2.27. The van der Waals surface area contributed by atoms with E-state index in [4.69, 9.17) is 16.9 Å². The first-order valence-electron chi connectivity index (χ1n) is 6.42. The third-order valence-electron chi connectivity index (χ3n) is 3.40. The van der Waals surface area contributed by atoms with Gasteiger partial charge >= 0.3 is 0 Å². The Balaban J connectivity index is 2.14. The summed E-state index contributed by atoms with van der Waals surface area (Å²) in [4.78, 5) is 2.27. The van der Waals surface area contributed by atoms with E-state index in [-0.39, 0.29) is 0 Å². The molecular formula is C14H18ClN3. The van der Waals surface area contributed by atoms with Gasteiger partial charge in [0.15, 0.2) is 0 Å². The predicted octanol–water partition coefficient (Wildman–Crippen LogP) is 2.79. The fraction of sp³-hybridized carbons (Fsp3) is 0.500. The molecule has 1 saturated heterocycles. The largest absolute Gasteiger partial charge is 0.369 e. The highest BCUT2D eigenvalue weighted by molar-refractivity contribution is 6.33. The lowest BCUT2D eigenvalue weighted by Crippen LogP contribution is -2.37. The van der Waals surface area contributed by atoms with Crippen LogP contribution in [0, 0.1) is 11.3 Å². The zero-order valence-electron chi connectivity index (χ0n) is 10.6. The quantitative estimate of drug-likeness (QED) is 0.908. The summed E-state index contributed by atoms with van der Waals surface area (Å²) in [6, 6.07) is 8.17. The van der Waals surface area contributed by atoms with E-state index in [1.807, 2.05) is 12.1 Å². The smallest absolute Gasteiger partial charge is 0.0992 e. The zero-order chi connectivity index (χ0) is 13.0. The second-order valence-corrected chi connectivity index (χ2v) is 5.02. The molecule has 1 fully saturated rings. The van der Waals surface area contributed by atoms with Crippen LogP contribution in [0.1, 0.15) is 25.3 Å². The van der Waals surface area contributed by atoms with Gasteiger partial charge in [0, 0.05) is 19.1 Å². The minimum absolute atomic E-state index is 0.552. The Bertz CT molecular complexity index is 447. The van der Waals surface area contributed by atoms with Gasteiger partial charge in [0.25, 0.3) is 0 Å². The first-order valence-corrected chi connectivity index (χ1v) is 6.80. The minimum Gasteiger partial charge on any atom is -0.369 e. The molecule has 1 aromatic rings. The molecule has 2 rings (SSSR count). The summed E-state index contributed by atoms with van der Waals surface area (Å²) in [6.45, 7) is 5.14. The molecule has 1 unspecified atom stereocenters. The average Bonchev–Trinajstić information content (AvgIpc) is 2.89. The van der Waals surface area contributed by atoms with Gasteiger partial charge in [-0.25, -0.2) is 0 Å². The van der Waals surface area contributed by atoms with Gasteiger partial charge < -0.3 is 10.2 Å². The highest BCUT2D eigenvalue weighted by atomic mass is 35.5. The fourth-order valence-electron chi connectivity index (χ4n) is 2.41. The monoisotopic (exact) mass is 263 g/mol. The Morgan fingerprint density at radius 2 is 2.39 bits per heavy atom. The number of halogens is 1. The normalized spacial score (nSPS) is 18.6. The van der Waals surface area contributed by atoms with Gasteiger partial charge in [-0.05, 0) is 44.5 Å². The first-order chi connectivity index (χ1) is 8.74. The van der Waals surface area contributed by atoms with Gasteiger partial charge in [-0.1, -0.05) is 11.6 Å². The van der Waals surface area contributed by atoms with Crippen molar-refractivity contribution in [1.29, 1.82) is 5.26 Å². The van der Waals surface area contributed by atoms with E-state index < -0.39 is 0 Å². The summed E-state index contributed by atoms with van der Waals surface area (Å²) in [7, 11) is 0. The molecule has 0 radical (unpaired) electrons. The lowest BCUT2D eigenvalue weighted by molar-refractivity contribution is 0.587. The molecule has 3 nitrogen and oxygen atoms in total. The van der Waals surface area contributed by atoms with Crippen molar-refractivity contribution < 1.29 is 0 Å². The number of nitrogens with one attached hydrogen (secondary N) is 1. The number of nitriles is 1. The van der Waals surface area contributed by atoms with Crippen LogP contribution < -0.4 is 10.2 Å². The van der Waals surface area contributed by atoms with Crippen molar-refractivity contribution in [2.75, 3.05) is 24.5 Å². The summed E-state index contributed by atoms with van der Waals surface area (Å²) < 4.78 is 0. The van der Waals surface area contributed by atoms with E-state index in [1.165, 1.54) is 12.8 Å². The topological polar surface area (TPSA) is 39.1 Å². The van der Waals surface area contributed by atoms with Crippen LogP contribution in [0.15, 0.2) is 18.2 Å². The molecule has 1 atom stereocenters. The maximum absolute atomic E-state index is 8.85. The second kappa shape index (κ2) is 6.08. The van der Waals surface area contributed by atoms with Gasteiger partial charge in [-0.2, -0.15) is 5.26 Å². The van der Waals surface area contributed by atoms with E-state index in [9.17, 15) is 0 Å². The Morgan fingerprint density at radius 3 is 2.94 bits per heavy atom. The van der Waals surface area contributed by atoms with Crippen LogP contribution in [-0.2, 0) is 0 Å². The van der Waals surface area contributed by atoms with Crippen molar-refractivity contribution in [2.45, 2.75) is 25.8 Å². The third kappa shape index (κ3) is 2.95. The molecule has 0 saturated carbocycles. The summed E-state index contributed by atoms with van der Waals surface area (Å²) >= 11 is 6.25. The van der Waals surface area contributed by atoms with E-state index in [0.717, 1.165) is 25.3 Å². The van der Waals surface area contributed by atoms with Crippen molar-refractivity contribution in [3.63, 3.8) is 0 Å². The Kier molecular flexibility index (Phi) is 4.46. The highest BCUT2D eigenvalue weighted by Crippen LogP contribution is 2.27. The van der Waals surface area contributed by atoms with Crippen LogP contribution in [-0.4, -0.2) is 25.7 Å². The average molecular weight is 264 g/mol. The molecular weight excluding hydrogens is 246 g/mol. The van der Waals surface area contributed by atoms with Crippen molar-refractivity contribution >= 4 is 17.3 Å². The lowest BCUT2D eigenvalue weighted by atomic mass is 10.1. The van der Waals surface area contributed by atoms with Crippen LogP contribution in [0.5, 0.6) is 0 Å². The molecule has 96 valence electrons. The number of nitrogens with zero attached hydrogens (tertiary/aromatic N) is 2. The predicted molar refractivity (Wildman–Crippen MR) is 75.1 cm³/mol. The van der Waals surface area contributed by atoms with Crippen LogP contribution >= 0.6 is 11.6 Å². The number of hydrogen-bond donors (Lipinski definition) is 1. The maximum Gasteiger partial charge on any atom is 0.0992 e. The molecule has 0 amide bonds. The maximum atomic E-state index is 8.85. The van der Waals surface area contributed by atoms with Crippen LogP contribution in [0.4, 0.5) is 5.69 Å². The molecule has 0 aromatic heterocycles. The molecule has 18 heavy (non-hydrogen) atoms. The molecule has 0 aliphatic carbocycles. The van der Waals surface area contributed by atoms with Crippen molar-refractivity contribution in [3.05, 3.63) is 28.8 Å². The fourth-order valence-corrected chi connectivity index (χ4v) is 2.71. The molecule has 1 N–H and O–H groups in total. The molecule has 0 spiro atoms. The highest BCUT2D eigenvalue weighted by Gasteiger charge is 2.18. The molecule has 4 heteroatoms. The number of rotatable bonds is 4. The number of anilines is 1. The van der Waals surface area contributed by atoms with Crippen LogP contribution in [0.3, 0.4) is 0 Å². The first kappa shape index (κ1) is 13.2. The minimum atomic E-state index is 0.552. The summed E-state index contributed by atoms with van der Waals surface area (Å²) in [6.07, 6.45) is 2.48. The van der Waals surface area contributed by atoms with E-state index >= 15 is 0 Å². The van der Waals surface area contributed by atoms with Gasteiger partial charge in [0.1, 0.15) is 0 Å². The number of likely N-dealkylation sites (N-methyl/N-ethyl adjacent to an activating group) is 1. The summed E-state index contributed by atoms with van der Waals surface area (Å²) in [5.74, 6) is 0. The zero-order valence-corrected chi connectivity index (χ0v) is 11.4. The van der Waals surface area contributed by atoms with Crippen molar-refractivity contribution in [1.82, 2.24) is 5.32 Å². The van der Waals surface area contributed by atoms with Gasteiger partial charge in [-0.15, -0.1) is 0 Å². The Morgan fingerprint density at radius 1 is 1.56 bits per heavy atom. The molecule has 0 bridgehead atoms. The Hall–Kier alpha value is -1.24. The van der Waals surface area contributed by atoms with Gasteiger partial charge in [-0.3, -0.25) is 0 Å². The van der Waals surface area contributed by atoms with Crippen LogP contribution in [0.2, 0.25) is 5.02 Å². The molecule has 1 aliphatic heterocycles. The molecule has 1 heterocycles. The SMILES string of the molecule is CCN(CC1CCCN1)c1ccc(C#N)cc1Cl. The number of benzene rings is 1. The molecule has 1 aliphatic rings. The van der Waals surface area contributed by atoms with Gasteiger partial charge in [0.2, 0.25) is 0 Å². The summed E-state index contributed by atoms with van der Waals surface area (Å²) in [5, 5.41) is 13.0. The second-order valence-electron chi connectivity index (χ2n) is 4.61. The Labute approximate surface area is 113 Å². The van der Waals surface area contributed by atoms with Crippen LogP contribution in [0.25, 0.3) is 0 Å². The van der Waals surface area contributed by atoms with Crippen molar-refractivity contribution in [3.8, 4) is 6.07 Å². The van der Waals surface area contributed by atoms with Crippen molar-refractivity contribution in [2.24, 2.45) is 0 Å². The molecule has 1 aromatic carbocycles. The third-order valence-corrected chi connectivity index (χ3v) is 3.71. The van der Waals surface area contributed by atoms with E-state index in [1.54, 1.807) is 6.07 Å².